The van der Waals surface area contributed by atoms with Crippen LogP contribution in [0.15, 0.2) is 48.5 Å². The Morgan fingerprint density at radius 1 is 1.13 bits per heavy atom. The predicted molar refractivity (Wildman–Crippen MR) is 112 cm³/mol. The molecule has 0 bridgehead atoms. The summed E-state index contributed by atoms with van der Waals surface area (Å²) in [6, 6.07) is 13.9. The molecular formula is C22H18FN5O3. The molecule has 0 saturated carbocycles. The quantitative estimate of drug-likeness (QED) is 0.475. The number of anilines is 1. The van der Waals surface area contributed by atoms with Gasteiger partial charge in [-0.2, -0.15) is 5.26 Å². The number of hydrogen-bond acceptors (Lipinski definition) is 6. The van der Waals surface area contributed by atoms with Gasteiger partial charge in [-0.1, -0.05) is 12.1 Å². The molecule has 4 rings (SSSR count). The molecule has 2 heterocycles. The topological polar surface area (TPSA) is 103 Å². The molecule has 0 N–H and O–H groups in total. The van der Waals surface area contributed by atoms with Gasteiger partial charge < -0.3 is 9.80 Å². The minimum Gasteiger partial charge on any atom is -0.355 e. The summed E-state index contributed by atoms with van der Waals surface area (Å²) in [4.78, 5) is 31.4. The van der Waals surface area contributed by atoms with Crippen molar-refractivity contribution in [1.82, 2.24) is 9.88 Å². The third kappa shape index (κ3) is 4.00. The van der Waals surface area contributed by atoms with Crippen molar-refractivity contribution >= 4 is 28.3 Å². The Hall–Kier alpha value is -4.06. The average molecular weight is 419 g/mol. The van der Waals surface area contributed by atoms with E-state index < -0.39 is 10.7 Å². The van der Waals surface area contributed by atoms with Gasteiger partial charge in [0.1, 0.15) is 11.6 Å². The first-order valence-electron chi connectivity index (χ1n) is 9.76. The molecule has 0 atom stereocenters. The zero-order valence-electron chi connectivity index (χ0n) is 16.5. The SMILES string of the molecule is N#Cc1cc(N2CCCN(C(=O)c3ccccc3F)CC2)nc2ccc([N+](=O)[O-])cc12. The molecule has 3 aromatic rings. The second kappa shape index (κ2) is 8.36. The third-order valence-electron chi connectivity index (χ3n) is 5.32. The Balaban J connectivity index is 1.59. The molecule has 1 aromatic heterocycles. The molecule has 0 unspecified atom stereocenters. The van der Waals surface area contributed by atoms with Crippen molar-refractivity contribution in [2.75, 3.05) is 31.1 Å². The van der Waals surface area contributed by atoms with E-state index >= 15 is 0 Å². The average Bonchev–Trinajstić information content (AvgIpc) is 3.04. The maximum atomic E-state index is 14.0. The summed E-state index contributed by atoms with van der Waals surface area (Å²) < 4.78 is 14.0. The van der Waals surface area contributed by atoms with Crippen LogP contribution in [0.4, 0.5) is 15.9 Å². The fourth-order valence-electron chi connectivity index (χ4n) is 3.72. The number of amides is 1. The summed E-state index contributed by atoms with van der Waals surface area (Å²) in [7, 11) is 0. The fraction of sp³-hybridized carbons (Fsp3) is 0.227. The standard InChI is InChI=1S/C22H18FN5O3/c23-19-5-2-1-4-17(19)22(29)27-9-3-8-26(10-11-27)21-12-15(14-24)18-13-16(28(30)31)6-7-20(18)25-21/h1-2,4-7,12-13H,3,8-11H2. The Morgan fingerprint density at radius 2 is 1.94 bits per heavy atom. The van der Waals surface area contributed by atoms with Gasteiger partial charge in [0.15, 0.2) is 0 Å². The minimum atomic E-state index is -0.544. The predicted octanol–water partition coefficient (Wildman–Crippen LogP) is 3.51. The Morgan fingerprint density at radius 3 is 2.68 bits per heavy atom. The van der Waals surface area contributed by atoms with Gasteiger partial charge in [-0.25, -0.2) is 9.37 Å². The highest BCUT2D eigenvalue weighted by molar-refractivity contribution is 5.94. The largest absolute Gasteiger partial charge is 0.355 e. The van der Waals surface area contributed by atoms with Gasteiger partial charge in [0, 0.05) is 43.7 Å². The number of carbonyl (C=O) groups is 1. The van der Waals surface area contributed by atoms with E-state index in [-0.39, 0.29) is 17.2 Å². The lowest BCUT2D eigenvalue weighted by Crippen LogP contribution is -2.35. The molecule has 0 radical (unpaired) electrons. The first-order chi connectivity index (χ1) is 15.0. The minimum absolute atomic E-state index is 0.0492. The van der Waals surface area contributed by atoms with E-state index in [1.54, 1.807) is 23.1 Å². The smallest absolute Gasteiger partial charge is 0.270 e. The third-order valence-corrected chi connectivity index (χ3v) is 5.32. The van der Waals surface area contributed by atoms with Gasteiger partial charge in [-0.15, -0.1) is 0 Å². The number of rotatable bonds is 3. The Labute approximate surface area is 177 Å². The van der Waals surface area contributed by atoms with Crippen LogP contribution in [0.25, 0.3) is 10.9 Å². The second-order valence-electron chi connectivity index (χ2n) is 7.21. The van der Waals surface area contributed by atoms with Crippen LogP contribution in [0.3, 0.4) is 0 Å². The number of hydrogen-bond donors (Lipinski definition) is 0. The van der Waals surface area contributed by atoms with Crippen LogP contribution in [-0.4, -0.2) is 46.9 Å². The van der Waals surface area contributed by atoms with Crippen molar-refractivity contribution < 1.29 is 14.1 Å². The van der Waals surface area contributed by atoms with E-state index in [1.807, 2.05) is 4.90 Å². The molecule has 1 aliphatic heterocycles. The summed E-state index contributed by atoms with van der Waals surface area (Å²) in [5.41, 5.74) is 0.735. The number of nitro benzene ring substituents is 1. The number of nitriles is 1. The highest BCUT2D eigenvalue weighted by Crippen LogP contribution is 2.27. The summed E-state index contributed by atoms with van der Waals surface area (Å²) in [5, 5.41) is 21.0. The Bertz CT molecular complexity index is 1220. The van der Waals surface area contributed by atoms with Crippen molar-refractivity contribution in [1.29, 1.82) is 5.26 Å². The first-order valence-corrected chi connectivity index (χ1v) is 9.76. The molecule has 1 saturated heterocycles. The van der Waals surface area contributed by atoms with Crippen LogP contribution in [0.5, 0.6) is 0 Å². The lowest BCUT2D eigenvalue weighted by atomic mass is 10.1. The molecule has 1 amide bonds. The summed E-state index contributed by atoms with van der Waals surface area (Å²) in [6.45, 7) is 1.94. The zero-order valence-corrected chi connectivity index (χ0v) is 16.5. The maximum absolute atomic E-state index is 14.0. The van der Waals surface area contributed by atoms with Gasteiger partial charge in [-0.05, 0) is 30.7 Å². The van der Waals surface area contributed by atoms with Crippen LogP contribution < -0.4 is 4.90 Å². The van der Waals surface area contributed by atoms with Gasteiger partial charge >= 0.3 is 0 Å². The molecule has 1 fully saturated rings. The van der Waals surface area contributed by atoms with Crippen LogP contribution >= 0.6 is 0 Å². The van der Waals surface area contributed by atoms with E-state index in [9.17, 15) is 24.6 Å². The lowest BCUT2D eigenvalue weighted by molar-refractivity contribution is -0.384. The van der Waals surface area contributed by atoms with Crippen LogP contribution in [-0.2, 0) is 0 Å². The fourth-order valence-corrected chi connectivity index (χ4v) is 3.72. The van der Waals surface area contributed by atoms with Crippen molar-refractivity contribution in [2.45, 2.75) is 6.42 Å². The number of aromatic nitrogens is 1. The van der Waals surface area contributed by atoms with Gasteiger partial charge in [0.25, 0.3) is 11.6 Å². The van der Waals surface area contributed by atoms with Gasteiger partial charge in [-0.3, -0.25) is 14.9 Å². The number of benzene rings is 2. The molecule has 0 spiro atoms. The number of non-ortho nitro benzene ring substituents is 1. The zero-order chi connectivity index (χ0) is 22.0. The molecule has 1 aliphatic rings. The maximum Gasteiger partial charge on any atom is 0.270 e. The highest BCUT2D eigenvalue weighted by Gasteiger charge is 2.23. The molecule has 156 valence electrons. The first kappa shape index (κ1) is 20.2. The van der Waals surface area contributed by atoms with Crippen molar-refractivity contribution in [2.24, 2.45) is 0 Å². The van der Waals surface area contributed by atoms with E-state index in [0.29, 0.717) is 54.9 Å². The van der Waals surface area contributed by atoms with E-state index in [1.165, 1.54) is 30.3 Å². The summed E-state index contributed by atoms with van der Waals surface area (Å²) >= 11 is 0. The van der Waals surface area contributed by atoms with Crippen molar-refractivity contribution in [3.05, 3.63) is 75.6 Å². The summed E-state index contributed by atoms with van der Waals surface area (Å²) in [6.07, 6.45) is 0.655. The second-order valence-corrected chi connectivity index (χ2v) is 7.21. The van der Waals surface area contributed by atoms with Crippen LogP contribution in [0.2, 0.25) is 0 Å². The van der Waals surface area contributed by atoms with E-state index in [0.717, 1.165) is 0 Å². The number of fused-ring (bicyclic) bond motifs is 1. The number of nitrogens with zero attached hydrogens (tertiary/aromatic N) is 5. The Kier molecular flexibility index (Phi) is 5.45. The monoisotopic (exact) mass is 419 g/mol. The molecule has 31 heavy (non-hydrogen) atoms. The number of carbonyl (C=O) groups excluding carboxylic acids is 1. The lowest BCUT2D eigenvalue weighted by Gasteiger charge is -2.23. The summed E-state index contributed by atoms with van der Waals surface area (Å²) in [5.74, 6) is -0.327. The number of halogens is 1. The van der Waals surface area contributed by atoms with Crippen LogP contribution in [0.1, 0.15) is 22.3 Å². The number of nitro groups is 1. The molecule has 8 nitrogen and oxygen atoms in total. The van der Waals surface area contributed by atoms with Crippen molar-refractivity contribution in [3.8, 4) is 6.07 Å². The number of pyridine rings is 1. The van der Waals surface area contributed by atoms with Crippen LogP contribution in [0, 0.1) is 27.3 Å². The molecule has 2 aromatic carbocycles. The normalized spacial score (nSPS) is 14.2. The van der Waals surface area contributed by atoms with E-state index in [2.05, 4.69) is 11.1 Å². The highest BCUT2D eigenvalue weighted by atomic mass is 19.1. The molecule has 9 heteroatoms. The van der Waals surface area contributed by atoms with E-state index in [4.69, 9.17) is 0 Å². The van der Waals surface area contributed by atoms with Gasteiger partial charge in [0.2, 0.25) is 0 Å². The van der Waals surface area contributed by atoms with Crippen molar-refractivity contribution in [3.63, 3.8) is 0 Å². The molecular weight excluding hydrogens is 401 g/mol. The molecule has 0 aliphatic carbocycles. The van der Waals surface area contributed by atoms with Gasteiger partial charge in [0.05, 0.1) is 27.6 Å².